The number of rotatable bonds is 4. The molecule has 1 atom stereocenters. The predicted octanol–water partition coefficient (Wildman–Crippen LogP) is 2.68. The van der Waals surface area contributed by atoms with Crippen LogP contribution in [0.3, 0.4) is 0 Å². The van der Waals surface area contributed by atoms with E-state index in [1.807, 2.05) is 18.2 Å². The molecule has 2 rings (SSSR count). The highest BCUT2D eigenvalue weighted by Gasteiger charge is 2.25. The van der Waals surface area contributed by atoms with Crippen molar-refractivity contribution < 1.29 is 5.11 Å². The van der Waals surface area contributed by atoms with Gasteiger partial charge in [-0.3, -0.25) is 4.90 Å². The standard InChI is InChI=1S/C14H21BrN2O/c1-16(2)10-12-6-4-8-17(12)9-11-5-3-7-13(15)14(11)18/h3,5,7,12,18H,4,6,8-10H2,1-2H3. The molecule has 0 amide bonds. The van der Waals surface area contributed by atoms with Crippen LogP contribution in [0.4, 0.5) is 0 Å². The van der Waals surface area contributed by atoms with Crippen LogP contribution in [0, 0.1) is 0 Å². The predicted molar refractivity (Wildman–Crippen MR) is 77.8 cm³/mol. The molecule has 1 aliphatic rings. The monoisotopic (exact) mass is 312 g/mol. The lowest BCUT2D eigenvalue weighted by atomic mass is 10.1. The highest BCUT2D eigenvalue weighted by atomic mass is 79.9. The number of likely N-dealkylation sites (tertiary alicyclic amines) is 1. The summed E-state index contributed by atoms with van der Waals surface area (Å²) in [5, 5.41) is 10.0. The maximum atomic E-state index is 10.0. The molecular formula is C14H21BrN2O. The van der Waals surface area contributed by atoms with Crippen molar-refractivity contribution >= 4 is 15.9 Å². The summed E-state index contributed by atoms with van der Waals surface area (Å²) in [6, 6.07) is 6.47. The molecule has 18 heavy (non-hydrogen) atoms. The number of nitrogens with zero attached hydrogens (tertiary/aromatic N) is 2. The third kappa shape index (κ3) is 3.25. The van der Waals surface area contributed by atoms with Crippen molar-refractivity contribution in [3.8, 4) is 5.75 Å². The van der Waals surface area contributed by atoms with E-state index in [9.17, 15) is 5.11 Å². The fourth-order valence-electron chi connectivity index (χ4n) is 2.64. The van der Waals surface area contributed by atoms with Gasteiger partial charge in [0.1, 0.15) is 5.75 Å². The van der Waals surface area contributed by atoms with Crippen LogP contribution in [0.25, 0.3) is 0 Å². The van der Waals surface area contributed by atoms with Crippen molar-refractivity contribution in [3.05, 3.63) is 28.2 Å². The maximum Gasteiger partial charge on any atom is 0.134 e. The normalized spacial score (nSPS) is 20.8. The first-order valence-corrected chi connectivity index (χ1v) is 7.22. The van der Waals surface area contributed by atoms with Crippen LogP contribution < -0.4 is 0 Å². The van der Waals surface area contributed by atoms with Crippen molar-refractivity contribution in [3.63, 3.8) is 0 Å². The first-order valence-electron chi connectivity index (χ1n) is 6.43. The van der Waals surface area contributed by atoms with Crippen molar-refractivity contribution in [2.24, 2.45) is 0 Å². The van der Waals surface area contributed by atoms with Gasteiger partial charge in [0, 0.05) is 24.7 Å². The summed E-state index contributed by atoms with van der Waals surface area (Å²) in [7, 11) is 4.24. The molecule has 1 aromatic carbocycles. The number of likely N-dealkylation sites (N-methyl/N-ethyl adjacent to an activating group) is 1. The third-order valence-electron chi connectivity index (χ3n) is 3.52. The lowest BCUT2D eigenvalue weighted by Gasteiger charge is -2.27. The van der Waals surface area contributed by atoms with Crippen LogP contribution in [-0.4, -0.2) is 48.1 Å². The van der Waals surface area contributed by atoms with E-state index in [1.54, 1.807) is 0 Å². The van der Waals surface area contributed by atoms with Gasteiger partial charge >= 0.3 is 0 Å². The Balaban J connectivity index is 2.06. The summed E-state index contributed by atoms with van der Waals surface area (Å²) in [5.41, 5.74) is 1.01. The first kappa shape index (κ1) is 13.8. The largest absolute Gasteiger partial charge is 0.506 e. The molecule has 1 saturated heterocycles. The van der Waals surface area contributed by atoms with Crippen LogP contribution in [0.1, 0.15) is 18.4 Å². The summed E-state index contributed by atoms with van der Waals surface area (Å²) in [4.78, 5) is 4.71. The van der Waals surface area contributed by atoms with Gasteiger partial charge in [-0.25, -0.2) is 0 Å². The molecule has 4 heteroatoms. The highest BCUT2D eigenvalue weighted by Crippen LogP contribution is 2.30. The fourth-order valence-corrected chi connectivity index (χ4v) is 3.05. The zero-order chi connectivity index (χ0) is 13.1. The van der Waals surface area contributed by atoms with Crippen molar-refractivity contribution in [1.82, 2.24) is 9.80 Å². The Morgan fingerprint density at radius 2 is 2.22 bits per heavy atom. The molecule has 1 fully saturated rings. The van der Waals surface area contributed by atoms with Crippen molar-refractivity contribution in [2.45, 2.75) is 25.4 Å². The lowest BCUT2D eigenvalue weighted by molar-refractivity contribution is 0.199. The SMILES string of the molecule is CN(C)CC1CCCN1Cc1cccc(Br)c1O. The van der Waals surface area contributed by atoms with Crippen molar-refractivity contribution in [2.75, 3.05) is 27.2 Å². The molecule has 0 radical (unpaired) electrons. The van der Waals surface area contributed by atoms with Crippen LogP contribution in [-0.2, 0) is 6.54 Å². The van der Waals surface area contributed by atoms with Gasteiger partial charge in [-0.05, 0) is 55.5 Å². The highest BCUT2D eigenvalue weighted by molar-refractivity contribution is 9.10. The molecular weight excluding hydrogens is 292 g/mol. The van der Waals surface area contributed by atoms with Gasteiger partial charge < -0.3 is 10.0 Å². The van der Waals surface area contributed by atoms with Gasteiger partial charge in [-0.1, -0.05) is 12.1 Å². The maximum absolute atomic E-state index is 10.0. The van der Waals surface area contributed by atoms with E-state index in [0.717, 1.165) is 29.7 Å². The second-order valence-electron chi connectivity index (χ2n) is 5.28. The first-order chi connectivity index (χ1) is 8.58. The number of para-hydroxylation sites is 1. The zero-order valence-electron chi connectivity index (χ0n) is 11.1. The number of halogens is 1. The Labute approximate surface area is 118 Å². The molecule has 100 valence electrons. The zero-order valence-corrected chi connectivity index (χ0v) is 12.7. The van der Waals surface area contributed by atoms with Crippen LogP contribution in [0.2, 0.25) is 0 Å². The van der Waals surface area contributed by atoms with Gasteiger partial charge in [0.15, 0.2) is 0 Å². The quantitative estimate of drug-likeness (QED) is 0.926. The second kappa shape index (κ2) is 6.04. The van der Waals surface area contributed by atoms with E-state index in [4.69, 9.17) is 0 Å². The number of hydrogen-bond donors (Lipinski definition) is 1. The molecule has 3 nitrogen and oxygen atoms in total. The Kier molecular flexibility index (Phi) is 4.65. The molecule has 1 unspecified atom stereocenters. The number of benzene rings is 1. The molecule has 1 aromatic rings. The Morgan fingerprint density at radius 3 is 2.94 bits per heavy atom. The minimum atomic E-state index is 0.382. The van der Waals surface area contributed by atoms with Crippen LogP contribution in [0.5, 0.6) is 5.75 Å². The van der Waals surface area contributed by atoms with Gasteiger partial charge in [0.2, 0.25) is 0 Å². The van der Waals surface area contributed by atoms with Gasteiger partial charge in [-0.15, -0.1) is 0 Å². The molecule has 1 N–H and O–H groups in total. The minimum Gasteiger partial charge on any atom is -0.506 e. The summed E-state index contributed by atoms with van der Waals surface area (Å²) in [6.45, 7) is 3.06. The van der Waals surface area contributed by atoms with Crippen LogP contribution >= 0.6 is 15.9 Å². The summed E-state index contributed by atoms with van der Waals surface area (Å²) < 4.78 is 0.781. The Morgan fingerprint density at radius 1 is 1.44 bits per heavy atom. The molecule has 0 aliphatic carbocycles. The summed E-state index contributed by atoms with van der Waals surface area (Å²) in [6.07, 6.45) is 2.51. The molecule has 1 aliphatic heterocycles. The van der Waals surface area contributed by atoms with Crippen LogP contribution in [0.15, 0.2) is 22.7 Å². The van der Waals surface area contributed by atoms with E-state index in [1.165, 1.54) is 12.8 Å². The van der Waals surface area contributed by atoms with E-state index >= 15 is 0 Å². The number of phenolic OH excluding ortho intramolecular Hbond substituents is 1. The average molecular weight is 313 g/mol. The number of hydrogen-bond acceptors (Lipinski definition) is 3. The minimum absolute atomic E-state index is 0.382. The topological polar surface area (TPSA) is 26.7 Å². The van der Waals surface area contributed by atoms with Crippen molar-refractivity contribution in [1.29, 1.82) is 0 Å². The summed E-state index contributed by atoms with van der Waals surface area (Å²) in [5.74, 6) is 0.382. The second-order valence-corrected chi connectivity index (χ2v) is 6.13. The number of phenols is 1. The van der Waals surface area contributed by atoms with E-state index in [0.29, 0.717) is 11.8 Å². The van der Waals surface area contributed by atoms with E-state index in [-0.39, 0.29) is 0 Å². The molecule has 1 heterocycles. The Hall–Kier alpha value is -0.580. The fraction of sp³-hybridized carbons (Fsp3) is 0.571. The van der Waals surface area contributed by atoms with E-state index < -0.39 is 0 Å². The molecule has 0 spiro atoms. The van der Waals surface area contributed by atoms with E-state index in [2.05, 4.69) is 39.8 Å². The smallest absolute Gasteiger partial charge is 0.134 e. The molecule has 0 bridgehead atoms. The lowest BCUT2D eigenvalue weighted by Crippen LogP contribution is -2.37. The average Bonchev–Trinajstić information content (AvgIpc) is 2.72. The third-order valence-corrected chi connectivity index (χ3v) is 4.16. The Bertz CT molecular complexity index is 409. The van der Waals surface area contributed by atoms with Gasteiger partial charge in [-0.2, -0.15) is 0 Å². The summed E-state index contributed by atoms with van der Waals surface area (Å²) >= 11 is 3.37. The number of aromatic hydroxyl groups is 1. The van der Waals surface area contributed by atoms with Gasteiger partial charge in [0.05, 0.1) is 4.47 Å². The molecule has 0 saturated carbocycles. The van der Waals surface area contributed by atoms with Gasteiger partial charge in [0.25, 0.3) is 0 Å². The molecule has 0 aromatic heterocycles.